The number of carbonyl (C=O) groups excluding carboxylic acids is 2. The molecule has 6 nitrogen and oxygen atoms in total. The summed E-state index contributed by atoms with van der Waals surface area (Å²) in [7, 11) is 5.36. The Morgan fingerprint density at radius 1 is 1.25 bits per heavy atom. The SMILES string of the molecule is CCNC(=O)CN(C)C(=O)c1ccc(N(C)C)c(N)c1. The third-order valence-corrected chi connectivity index (χ3v) is 2.86. The van der Waals surface area contributed by atoms with Gasteiger partial charge in [-0.05, 0) is 25.1 Å². The lowest BCUT2D eigenvalue weighted by atomic mass is 10.1. The van der Waals surface area contributed by atoms with Crippen molar-refractivity contribution in [1.29, 1.82) is 0 Å². The zero-order valence-corrected chi connectivity index (χ0v) is 12.4. The summed E-state index contributed by atoms with van der Waals surface area (Å²) in [6.07, 6.45) is 0. The van der Waals surface area contributed by atoms with E-state index in [2.05, 4.69) is 5.32 Å². The highest BCUT2D eigenvalue weighted by molar-refractivity contribution is 5.97. The number of likely N-dealkylation sites (N-methyl/N-ethyl adjacent to an activating group) is 2. The molecule has 0 aliphatic heterocycles. The summed E-state index contributed by atoms with van der Waals surface area (Å²) in [5, 5.41) is 2.65. The van der Waals surface area contributed by atoms with Gasteiger partial charge >= 0.3 is 0 Å². The molecular formula is C14H22N4O2. The van der Waals surface area contributed by atoms with E-state index in [0.717, 1.165) is 5.69 Å². The Bertz CT molecular complexity index is 500. The number of nitrogens with two attached hydrogens (primary N) is 1. The monoisotopic (exact) mass is 278 g/mol. The average Bonchev–Trinajstić information content (AvgIpc) is 2.37. The van der Waals surface area contributed by atoms with Crippen LogP contribution in [0.15, 0.2) is 18.2 Å². The van der Waals surface area contributed by atoms with Gasteiger partial charge in [-0.25, -0.2) is 0 Å². The highest BCUT2D eigenvalue weighted by atomic mass is 16.2. The van der Waals surface area contributed by atoms with Crippen LogP contribution in [0.3, 0.4) is 0 Å². The molecule has 0 radical (unpaired) electrons. The van der Waals surface area contributed by atoms with Crippen LogP contribution in [0.25, 0.3) is 0 Å². The van der Waals surface area contributed by atoms with E-state index in [0.29, 0.717) is 17.8 Å². The van der Waals surface area contributed by atoms with E-state index in [9.17, 15) is 9.59 Å². The zero-order valence-electron chi connectivity index (χ0n) is 12.4. The van der Waals surface area contributed by atoms with E-state index < -0.39 is 0 Å². The Balaban J connectivity index is 2.82. The fourth-order valence-corrected chi connectivity index (χ4v) is 1.86. The first-order valence-electron chi connectivity index (χ1n) is 6.45. The molecule has 1 rings (SSSR count). The number of carbonyl (C=O) groups is 2. The van der Waals surface area contributed by atoms with Crippen molar-refractivity contribution in [2.75, 3.05) is 44.9 Å². The molecule has 0 aliphatic rings. The number of hydrogen-bond donors (Lipinski definition) is 2. The van der Waals surface area contributed by atoms with Gasteiger partial charge in [0.15, 0.2) is 0 Å². The second-order valence-electron chi connectivity index (χ2n) is 4.78. The minimum absolute atomic E-state index is 0.0298. The van der Waals surface area contributed by atoms with Crippen molar-refractivity contribution in [3.05, 3.63) is 23.8 Å². The molecular weight excluding hydrogens is 256 g/mol. The van der Waals surface area contributed by atoms with E-state index >= 15 is 0 Å². The molecule has 0 spiro atoms. The second kappa shape index (κ2) is 6.79. The maximum Gasteiger partial charge on any atom is 0.254 e. The topological polar surface area (TPSA) is 78.7 Å². The smallest absolute Gasteiger partial charge is 0.254 e. The van der Waals surface area contributed by atoms with Gasteiger partial charge in [0.25, 0.3) is 5.91 Å². The van der Waals surface area contributed by atoms with Crippen LogP contribution in [-0.2, 0) is 4.79 Å². The van der Waals surface area contributed by atoms with Gasteiger partial charge in [-0.3, -0.25) is 9.59 Å². The summed E-state index contributed by atoms with van der Waals surface area (Å²) in [6.45, 7) is 2.41. The van der Waals surface area contributed by atoms with Crippen LogP contribution < -0.4 is 16.0 Å². The molecule has 1 aromatic rings. The summed E-state index contributed by atoms with van der Waals surface area (Å²) in [5.41, 5.74) is 7.78. The van der Waals surface area contributed by atoms with Gasteiger partial charge < -0.3 is 20.9 Å². The van der Waals surface area contributed by atoms with E-state index in [-0.39, 0.29) is 18.4 Å². The van der Waals surface area contributed by atoms with E-state index in [1.807, 2.05) is 25.9 Å². The van der Waals surface area contributed by atoms with Gasteiger partial charge in [0.1, 0.15) is 0 Å². The van der Waals surface area contributed by atoms with Crippen LogP contribution in [-0.4, -0.2) is 50.9 Å². The number of benzene rings is 1. The minimum Gasteiger partial charge on any atom is -0.397 e. The Morgan fingerprint density at radius 2 is 1.90 bits per heavy atom. The molecule has 1 aromatic carbocycles. The van der Waals surface area contributed by atoms with Crippen molar-refractivity contribution in [2.45, 2.75) is 6.92 Å². The van der Waals surface area contributed by atoms with Crippen LogP contribution in [0.4, 0.5) is 11.4 Å². The Labute approximate surface area is 119 Å². The molecule has 110 valence electrons. The maximum absolute atomic E-state index is 12.2. The first-order chi connectivity index (χ1) is 9.36. The van der Waals surface area contributed by atoms with Crippen LogP contribution in [0.2, 0.25) is 0 Å². The van der Waals surface area contributed by atoms with Crippen LogP contribution in [0.1, 0.15) is 17.3 Å². The number of nitrogens with zero attached hydrogens (tertiary/aromatic N) is 2. The molecule has 0 saturated heterocycles. The van der Waals surface area contributed by atoms with Crippen molar-refractivity contribution in [1.82, 2.24) is 10.2 Å². The molecule has 0 aliphatic carbocycles. The van der Waals surface area contributed by atoms with E-state index in [1.165, 1.54) is 4.90 Å². The number of hydrogen-bond acceptors (Lipinski definition) is 4. The maximum atomic E-state index is 12.2. The van der Waals surface area contributed by atoms with Crippen molar-refractivity contribution < 1.29 is 9.59 Å². The number of nitrogen functional groups attached to an aromatic ring is 1. The van der Waals surface area contributed by atoms with E-state index in [4.69, 9.17) is 5.73 Å². The molecule has 6 heteroatoms. The Kier molecular flexibility index (Phi) is 5.37. The number of rotatable bonds is 5. The third-order valence-electron chi connectivity index (χ3n) is 2.86. The summed E-state index contributed by atoms with van der Waals surface area (Å²) < 4.78 is 0. The molecule has 0 atom stereocenters. The third kappa shape index (κ3) is 3.88. The number of nitrogens with one attached hydrogen (secondary N) is 1. The lowest BCUT2D eigenvalue weighted by molar-refractivity contribution is -0.121. The highest BCUT2D eigenvalue weighted by Gasteiger charge is 2.15. The predicted octanol–water partition coefficient (Wildman–Crippen LogP) is 0.543. The number of anilines is 2. The standard InChI is InChI=1S/C14H22N4O2/c1-5-16-13(19)9-18(4)14(20)10-6-7-12(17(2)3)11(15)8-10/h6-8H,5,9,15H2,1-4H3,(H,16,19). The van der Waals surface area contributed by atoms with Crippen LogP contribution in [0, 0.1) is 0 Å². The normalized spacial score (nSPS) is 10.0. The quantitative estimate of drug-likeness (QED) is 0.771. The summed E-state index contributed by atoms with van der Waals surface area (Å²) in [6, 6.07) is 5.14. The van der Waals surface area contributed by atoms with Crippen molar-refractivity contribution in [2.24, 2.45) is 0 Å². The molecule has 0 bridgehead atoms. The molecule has 0 aromatic heterocycles. The lowest BCUT2D eigenvalue weighted by Crippen LogP contribution is -2.38. The number of amides is 2. The molecule has 0 fully saturated rings. The van der Waals surface area contributed by atoms with Crippen molar-refractivity contribution in [3.63, 3.8) is 0 Å². The van der Waals surface area contributed by atoms with E-state index in [1.54, 1.807) is 25.2 Å². The predicted molar refractivity (Wildman–Crippen MR) is 80.8 cm³/mol. The summed E-state index contributed by atoms with van der Waals surface area (Å²) in [4.78, 5) is 26.9. The first kappa shape index (κ1) is 15.8. The molecule has 3 N–H and O–H groups in total. The van der Waals surface area contributed by atoms with Crippen LogP contribution >= 0.6 is 0 Å². The van der Waals surface area contributed by atoms with Crippen molar-refractivity contribution in [3.8, 4) is 0 Å². The average molecular weight is 278 g/mol. The van der Waals surface area contributed by atoms with Gasteiger partial charge in [0.2, 0.25) is 5.91 Å². The lowest BCUT2D eigenvalue weighted by Gasteiger charge is -2.19. The summed E-state index contributed by atoms with van der Waals surface area (Å²) in [5.74, 6) is -0.408. The first-order valence-corrected chi connectivity index (χ1v) is 6.45. The van der Waals surface area contributed by atoms with Gasteiger partial charge in [0, 0.05) is 33.3 Å². The second-order valence-corrected chi connectivity index (χ2v) is 4.78. The largest absolute Gasteiger partial charge is 0.397 e. The Hall–Kier alpha value is -2.24. The van der Waals surface area contributed by atoms with Gasteiger partial charge in [-0.1, -0.05) is 0 Å². The van der Waals surface area contributed by atoms with Gasteiger partial charge in [0.05, 0.1) is 17.9 Å². The minimum atomic E-state index is -0.228. The summed E-state index contributed by atoms with van der Waals surface area (Å²) >= 11 is 0. The fourth-order valence-electron chi connectivity index (χ4n) is 1.86. The molecule has 2 amide bonds. The highest BCUT2D eigenvalue weighted by Crippen LogP contribution is 2.22. The molecule has 0 unspecified atom stereocenters. The molecule has 0 saturated carbocycles. The molecule has 0 heterocycles. The van der Waals surface area contributed by atoms with Crippen molar-refractivity contribution >= 4 is 23.2 Å². The zero-order chi connectivity index (χ0) is 15.3. The van der Waals surface area contributed by atoms with Gasteiger partial charge in [-0.15, -0.1) is 0 Å². The molecule has 20 heavy (non-hydrogen) atoms. The van der Waals surface area contributed by atoms with Crippen LogP contribution in [0.5, 0.6) is 0 Å². The Morgan fingerprint density at radius 3 is 2.40 bits per heavy atom. The fraction of sp³-hybridized carbons (Fsp3) is 0.429. The van der Waals surface area contributed by atoms with Gasteiger partial charge in [-0.2, -0.15) is 0 Å².